The smallest absolute Gasteiger partial charge is 0.253 e. The van der Waals surface area contributed by atoms with Crippen LogP contribution in [-0.4, -0.2) is 47.6 Å². The van der Waals surface area contributed by atoms with E-state index in [1.165, 1.54) is 0 Å². The minimum absolute atomic E-state index is 0.00970. The van der Waals surface area contributed by atoms with Gasteiger partial charge in [-0.1, -0.05) is 48.3 Å². The number of piperidine rings is 1. The first-order chi connectivity index (χ1) is 17.2. The molecule has 5 rings (SSSR count). The van der Waals surface area contributed by atoms with E-state index in [1.807, 2.05) is 35.2 Å². The molecule has 2 aliphatic heterocycles. The van der Waals surface area contributed by atoms with Gasteiger partial charge < -0.3 is 15.3 Å². The molecule has 2 saturated heterocycles. The number of likely N-dealkylation sites (tertiary alicyclic amines) is 1. The van der Waals surface area contributed by atoms with Crippen LogP contribution in [0.25, 0.3) is 0 Å². The number of carbonyl (C=O) groups excluding carboxylic acids is 2. The van der Waals surface area contributed by atoms with E-state index in [4.69, 9.17) is 23.2 Å². The normalized spacial score (nSPS) is 30.7. The molecule has 2 aromatic carbocycles. The van der Waals surface area contributed by atoms with E-state index >= 15 is 0 Å². The summed E-state index contributed by atoms with van der Waals surface area (Å²) in [4.78, 5) is 28.0. The number of rotatable bonds is 4. The molecule has 2 heterocycles. The molecule has 5 nitrogen and oxygen atoms in total. The summed E-state index contributed by atoms with van der Waals surface area (Å²) in [5.74, 6) is 0.734. The quantitative estimate of drug-likeness (QED) is 0.539. The van der Waals surface area contributed by atoms with Crippen LogP contribution >= 0.6 is 23.2 Å². The Morgan fingerprint density at radius 3 is 2.44 bits per heavy atom. The number of hydrogen-bond acceptors (Lipinski definition) is 3. The summed E-state index contributed by atoms with van der Waals surface area (Å²) in [7, 11) is 0. The number of fused-ring (bicyclic) bond motifs is 1. The lowest BCUT2D eigenvalue weighted by Crippen LogP contribution is -2.42. The maximum Gasteiger partial charge on any atom is 0.253 e. The average Bonchev–Trinajstić information content (AvgIpc) is 3.11. The van der Waals surface area contributed by atoms with Crippen molar-refractivity contribution in [2.24, 2.45) is 17.3 Å². The highest BCUT2D eigenvalue weighted by molar-refractivity contribution is 6.32. The highest BCUT2D eigenvalue weighted by atomic mass is 35.5. The van der Waals surface area contributed by atoms with Gasteiger partial charge >= 0.3 is 0 Å². The zero-order valence-electron chi connectivity index (χ0n) is 20.8. The van der Waals surface area contributed by atoms with E-state index < -0.39 is 5.41 Å². The average molecular weight is 530 g/mol. The molecule has 0 aromatic heterocycles. The second-order valence-electron chi connectivity index (χ2n) is 11.1. The van der Waals surface area contributed by atoms with Crippen molar-refractivity contribution in [3.05, 3.63) is 69.2 Å². The Bertz CT molecular complexity index is 1150. The third kappa shape index (κ3) is 4.44. The van der Waals surface area contributed by atoms with Gasteiger partial charge in [0, 0.05) is 47.3 Å². The molecule has 36 heavy (non-hydrogen) atoms. The standard InChI is InChI=1S/C29H34Cl2N2O3/c1-17-26-25(19-3-6-21(30)7-4-19)23(9-12-29(26,2)28(36)32-17)22-8-5-20(15-24(22)31)27(35)33-13-10-18(16-34)11-14-33/h3-8,15,17-18,23,25-26,34H,9-14,16H2,1-2H3,(H,32,36)/t17-,23+,25+,26+,29-/m1/s1. The summed E-state index contributed by atoms with van der Waals surface area (Å²) in [5, 5.41) is 13.9. The molecule has 2 N–H and O–H groups in total. The van der Waals surface area contributed by atoms with Crippen molar-refractivity contribution in [3.8, 4) is 0 Å². The molecule has 192 valence electrons. The van der Waals surface area contributed by atoms with Gasteiger partial charge in [-0.25, -0.2) is 0 Å². The van der Waals surface area contributed by atoms with E-state index in [0.717, 1.165) is 36.8 Å². The van der Waals surface area contributed by atoms with E-state index in [9.17, 15) is 14.7 Å². The van der Waals surface area contributed by atoms with Crippen LogP contribution < -0.4 is 5.32 Å². The number of aliphatic hydroxyl groups excluding tert-OH is 1. The Kier molecular flexibility index (Phi) is 7.10. The van der Waals surface area contributed by atoms with Crippen molar-refractivity contribution in [1.29, 1.82) is 0 Å². The van der Waals surface area contributed by atoms with Crippen LogP contribution in [0.2, 0.25) is 10.0 Å². The van der Waals surface area contributed by atoms with Gasteiger partial charge in [0.2, 0.25) is 5.91 Å². The van der Waals surface area contributed by atoms with Crippen LogP contribution in [0.1, 0.15) is 72.9 Å². The van der Waals surface area contributed by atoms with Gasteiger partial charge in [0.15, 0.2) is 0 Å². The summed E-state index contributed by atoms with van der Waals surface area (Å²) in [6.45, 7) is 5.69. The first-order valence-corrected chi connectivity index (χ1v) is 13.7. The fourth-order valence-corrected chi connectivity index (χ4v) is 7.42. The second kappa shape index (κ2) is 10.00. The number of aliphatic hydroxyl groups is 1. The highest BCUT2D eigenvalue weighted by Gasteiger charge is 2.57. The second-order valence-corrected chi connectivity index (χ2v) is 11.9. The molecule has 2 amide bonds. The maximum atomic E-state index is 13.2. The van der Waals surface area contributed by atoms with E-state index in [-0.39, 0.29) is 48.1 Å². The van der Waals surface area contributed by atoms with Crippen LogP contribution in [0.3, 0.4) is 0 Å². The molecule has 3 fully saturated rings. The Hall–Kier alpha value is -2.08. The molecule has 1 saturated carbocycles. The fraction of sp³-hybridized carbons (Fsp3) is 0.517. The number of nitrogens with one attached hydrogen (secondary N) is 1. The zero-order valence-corrected chi connectivity index (χ0v) is 22.4. The van der Waals surface area contributed by atoms with Crippen molar-refractivity contribution >= 4 is 35.0 Å². The first-order valence-electron chi connectivity index (χ1n) is 13.0. The summed E-state index contributed by atoms with van der Waals surface area (Å²) in [5.41, 5.74) is 2.36. The molecular weight excluding hydrogens is 495 g/mol. The third-order valence-corrected chi connectivity index (χ3v) is 9.59. The van der Waals surface area contributed by atoms with Crippen molar-refractivity contribution in [2.75, 3.05) is 19.7 Å². The first kappa shape index (κ1) is 25.6. The van der Waals surface area contributed by atoms with Crippen LogP contribution in [0.4, 0.5) is 0 Å². The number of halogens is 2. The van der Waals surface area contributed by atoms with Gasteiger partial charge in [0.1, 0.15) is 0 Å². The van der Waals surface area contributed by atoms with Gasteiger partial charge in [0.25, 0.3) is 5.91 Å². The lowest BCUT2D eigenvalue weighted by Gasteiger charge is -2.46. The molecule has 0 bridgehead atoms. The van der Waals surface area contributed by atoms with Crippen molar-refractivity contribution in [2.45, 2.75) is 57.4 Å². The van der Waals surface area contributed by atoms with Crippen LogP contribution in [0, 0.1) is 17.3 Å². The number of amides is 2. The van der Waals surface area contributed by atoms with Crippen LogP contribution in [0.5, 0.6) is 0 Å². The summed E-state index contributed by atoms with van der Waals surface area (Å²) in [6.07, 6.45) is 3.27. The van der Waals surface area contributed by atoms with Crippen molar-refractivity contribution in [1.82, 2.24) is 10.2 Å². The molecule has 3 aliphatic rings. The summed E-state index contributed by atoms with van der Waals surface area (Å²) >= 11 is 13.1. The molecule has 7 heteroatoms. The minimum atomic E-state index is -0.427. The molecule has 5 atom stereocenters. The molecular formula is C29H34Cl2N2O3. The highest BCUT2D eigenvalue weighted by Crippen LogP contribution is 2.59. The van der Waals surface area contributed by atoms with Crippen molar-refractivity contribution < 1.29 is 14.7 Å². The van der Waals surface area contributed by atoms with Gasteiger partial charge in [-0.15, -0.1) is 0 Å². The fourth-order valence-electron chi connectivity index (χ4n) is 6.97. The molecule has 0 unspecified atom stereocenters. The molecule has 2 aromatic rings. The van der Waals surface area contributed by atoms with Crippen LogP contribution in [0.15, 0.2) is 42.5 Å². The largest absolute Gasteiger partial charge is 0.396 e. The van der Waals surface area contributed by atoms with Crippen LogP contribution in [-0.2, 0) is 4.79 Å². The Labute approximate surface area is 223 Å². The molecule has 1 aliphatic carbocycles. The van der Waals surface area contributed by atoms with E-state index in [0.29, 0.717) is 28.7 Å². The van der Waals surface area contributed by atoms with Gasteiger partial charge in [0.05, 0.1) is 5.41 Å². The maximum absolute atomic E-state index is 13.2. The zero-order chi connectivity index (χ0) is 25.6. The number of hydrogen-bond donors (Lipinski definition) is 2. The number of nitrogens with zero attached hydrogens (tertiary/aromatic N) is 1. The predicted octanol–water partition coefficient (Wildman–Crippen LogP) is 5.64. The van der Waals surface area contributed by atoms with E-state index in [2.05, 4.69) is 31.3 Å². The molecule has 0 spiro atoms. The lowest BCUT2D eigenvalue weighted by molar-refractivity contribution is -0.129. The van der Waals surface area contributed by atoms with E-state index in [1.54, 1.807) is 0 Å². The van der Waals surface area contributed by atoms with Gasteiger partial charge in [-0.3, -0.25) is 9.59 Å². The minimum Gasteiger partial charge on any atom is -0.396 e. The predicted molar refractivity (Wildman–Crippen MR) is 143 cm³/mol. The Morgan fingerprint density at radius 2 is 1.81 bits per heavy atom. The topological polar surface area (TPSA) is 69.6 Å². The lowest BCUT2D eigenvalue weighted by atomic mass is 9.56. The van der Waals surface area contributed by atoms with Gasteiger partial charge in [-0.05, 0) is 85.8 Å². The summed E-state index contributed by atoms with van der Waals surface area (Å²) in [6, 6.07) is 13.7. The SMILES string of the molecule is C[C@H]1NC(=O)[C@]2(C)CC[C@@H](c3ccc(C(=O)N4CCC(CO)CC4)cc3Cl)[C@H](c3ccc(Cl)cc3)[C@H]12. The third-order valence-electron chi connectivity index (χ3n) is 9.01. The van der Waals surface area contributed by atoms with Gasteiger partial charge in [-0.2, -0.15) is 0 Å². The summed E-state index contributed by atoms with van der Waals surface area (Å²) < 4.78 is 0. The Morgan fingerprint density at radius 1 is 1.11 bits per heavy atom. The monoisotopic (exact) mass is 528 g/mol. The number of carbonyl (C=O) groups is 2. The Balaban J connectivity index is 1.46. The molecule has 0 radical (unpaired) electrons. The number of benzene rings is 2. The van der Waals surface area contributed by atoms with Crippen molar-refractivity contribution in [3.63, 3.8) is 0 Å².